The Morgan fingerprint density at radius 2 is 2.18 bits per heavy atom. The molecule has 2 aliphatic heterocycles. The second kappa shape index (κ2) is 2.19. The van der Waals surface area contributed by atoms with Crippen molar-refractivity contribution < 1.29 is 5.11 Å². The van der Waals surface area contributed by atoms with Gasteiger partial charge in [0.1, 0.15) is 0 Å². The number of rotatable bonds is 1. The fourth-order valence-electron chi connectivity index (χ4n) is 2.29. The zero-order valence-corrected chi connectivity index (χ0v) is 7.09. The van der Waals surface area contributed by atoms with Gasteiger partial charge in [0.25, 0.3) is 0 Å². The van der Waals surface area contributed by atoms with Crippen LogP contribution in [0.15, 0.2) is 0 Å². The van der Waals surface area contributed by atoms with Crippen LogP contribution in [0.1, 0.15) is 19.8 Å². The topological polar surface area (TPSA) is 44.3 Å². The van der Waals surface area contributed by atoms with Gasteiger partial charge in [0.2, 0.25) is 0 Å². The lowest BCUT2D eigenvalue weighted by atomic mass is 9.69. The molecule has 2 bridgehead atoms. The molecule has 0 radical (unpaired) electrons. The highest BCUT2D eigenvalue weighted by molar-refractivity contribution is 5.12. The van der Waals surface area contributed by atoms with Crippen molar-refractivity contribution >= 4 is 0 Å². The van der Waals surface area contributed by atoms with Crippen molar-refractivity contribution in [2.75, 3.05) is 7.05 Å². The molecule has 3 aliphatic rings. The van der Waals surface area contributed by atoms with E-state index in [1.807, 2.05) is 14.0 Å². The monoisotopic (exact) mass is 156 g/mol. The van der Waals surface area contributed by atoms with E-state index in [0.717, 1.165) is 12.8 Å². The van der Waals surface area contributed by atoms with Gasteiger partial charge in [0, 0.05) is 18.1 Å². The SMILES string of the molecule is CNC1CC2CC(N2)C1(C)O. The largest absolute Gasteiger partial charge is 0.387 e. The summed E-state index contributed by atoms with van der Waals surface area (Å²) in [5.74, 6) is 0. The van der Waals surface area contributed by atoms with Gasteiger partial charge in [-0.25, -0.2) is 0 Å². The van der Waals surface area contributed by atoms with Crippen LogP contribution < -0.4 is 10.6 Å². The first-order chi connectivity index (χ1) is 5.14. The summed E-state index contributed by atoms with van der Waals surface area (Å²) in [6.07, 6.45) is 2.20. The van der Waals surface area contributed by atoms with Crippen molar-refractivity contribution in [3.63, 3.8) is 0 Å². The average Bonchev–Trinajstić information content (AvgIpc) is 1.83. The number of fused-ring (bicyclic) bond motifs is 2. The van der Waals surface area contributed by atoms with E-state index in [1.54, 1.807) is 0 Å². The number of likely N-dealkylation sites (N-methyl/N-ethyl adjacent to an activating group) is 1. The molecule has 3 N–H and O–H groups in total. The van der Waals surface area contributed by atoms with Crippen molar-refractivity contribution in [3.8, 4) is 0 Å². The minimum Gasteiger partial charge on any atom is -0.387 e. The van der Waals surface area contributed by atoms with Gasteiger partial charge in [-0.05, 0) is 26.8 Å². The van der Waals surface area contributed by atoms with E-state index in [-0.39, 0.29) is 6.04 Å². The maximum absolute atomic E-state index is 10.0. The summed E-state index contributed by atoms with van der Waals surface area (Å²) < 4.78 is 0. The smallest absolute Gasteiger partial charge is 0.0925 e. The van der Waals surface area contributed by atoms with Crippen molar-refractivity contribution in [2.45, 2.75) is 43.5 Å². The first-order valence-electron chi connectivity index (χ1n) is 4.30. The molecule has 0 spiro atoms. The molecule has 0 aromatic heterocycles. The van der Waals surface area contributed by atoms with Crippen LogP contribution in [-0.2, 0) is 0 Å². The third kappa shape index (κ3) is 0.916. The molecule has 0 amide bonds. The van der Waals surface area contributed by atoms with Crippen molar-refractivity contribution in [3.05, 3.63) is 0 Å². The van der Waals surface area contributed by atoms with Gasteiger partial charge in [0.05, 0.1) is 5.60 Å². The predicted octanol–water partition coefficient (Wildman–Crippen LogP) is -0.540. The highest BCUT2D eigenvalue weighted by atomic mass is 16.3. The van der Waals surface area contributed by atoms with Crippen LogP contribution in [0.2, 0.25) is 0 Å². The maximum Gasteiger partial charge on any atom is 0.0925 e. The lowest BCUT2D eigenvalue weighted by Gasteiger charge is -2.55. The van der Waals surface area contributed by atoms with Crippen LogP contribution in [0.5, 0.6) is 0 Å². The quantitative estimate of drug-likeness (QED) is 0.478. The Bertz CT molecular complexity index is 163. The normalized spacial score (nSPS) is 55.4. The van der Waals surface area contributed by atoms with Gasteiger partial charge in [-0.1, -0.05) is 0 Å². The van der Waals surface area contributed by atoms with Gasteiger partial charge < -0.3 is 15.7 Å². The second-order valence-corrected chi connectivity index (χ2v) is 3.95. The molecule has 64 valence electrons. The van der Waals surface area contributed by atoms with Gasteiger partial charge in [0.15, 0.2) is 0 Å². The number of piperidine rings is 1. The van der Waals surface area contributed by atoms with E-state index >= 15 is 0 Å². The molecule has 3 rings (SSSR count). The van der Waals surface area contributed by atoms with Crippen LogP contribution in [0.3, 0.4) is 0 Å². The van der Waals surface area contributed by atoms with Crippen LogP contribution in [0.4, 0.5) is 0 Å². The minimum absolute atomic E-state index is 0.271. The van der Waals surface area contributed by atoms with Gasteiger partial charge >= 0.3 is 0 Å². The summed E-state index contributed by atoms with van der Waals surface area (Å²) in [5, 5.41) is 16.5. The first-order valence-corrected chi connectivity index (χ1v) is 4.30. The number of aliphatic hydroxyl groups is 1. The minimum atomic E-state index is -0.552. The number of nitrogens with one attached hydrogen (secondary N) is 2. The van der Waals surface area contributed by atoms with Crippen molar-refractivity contribution in [2.24, 2.45) is 0 Å². The van der Waals surface area contributed by atoms with Gasteiger partial charge in [-0.2, -0.15) is 0 Å². The molecule has 1 saturated carbocycles. The summed E-state index contributed by atoms with van der Waals surface area (Å²) in [7, 11) is 1.92. The van der Waals surface area contributed by atoms with Gasteiger partial charge in [-0.3, -0.25) is 0 Å². The lowest BCUT2D eigenvalue weighted by Crippen LogP contribution is -2.75. The summed E-state index contributed by atoms with van der Waals surface area (Å²) in [5.41, 5.74) is -0.552. The van der Waals surface area contributed by atoms with Crippen LogP contribution in [-0.4, -0.2) is 35.9 Å². The van der Waals surface area contributed by atoms with E-state index in [1.165, 1.54) is 0 Å². The zero-order valence-electron chi connectivity index (χ0n) is 7.09. The third-order valence-corrected chi connectivity index (χ3v) is 3.24. The van der Waals surface area contributed by atoms with Gasteiger partial charge in [-0.15, -0.1) is 0 Å². The standard InChI is InChI=1S/C8H16N2O/c1-8(11)6(9-2)3-5-4-7(8)10-5/h5-7,9-11H,3-4H2,1-2H3. The molecular formula is C8H16N2O. The average molecular weight is 156 g/mol. The Kier molecular flexibility index (Phi) is 1.50. The Hall–Kier alpha value is -0.120. The van der Waals surface area contributed by atoms with E-state index in [9.17, 15) is 5.11 Å². The van der Waals surface area contributed by atoms with E-state index < -0.39 is 5.60 Å². The summed E-state index contributed by atoms with van der Waals surface area (Å²) in [4.78, 5) is 0. The maximum atomic E-state index is 10.0. The molecule has 0 aromatic carbocycles. The molecule has 4 unspecified atom stereocenters. The molecule has 0 aromatic rings. The zero-order chi connectivity index (χ0) is 8.06. The molecule has 11 heavy (non-hydrogen) atoms. The van der Waals surface area contributed by atoms with E-state index in [0.29, 0.717) is 12.1 Å². The van der Waals surface area contributed by atoms with Crippen molar-refractivity contribution in [1.29, 1.82) is 0 Å². The Morgan fingerprint density at radius 1 is 1.55 bits per heavy atom. The highest BCUT2D eigenvalue weighted by Crippen LogP contribution is 2.35. The summed E-state index contributed by atoms with van der Waals surface area (Å²) in [6, 6.07) is 1.24. The fraction of sp³-hybridized carbons (Fsp3) is 1.00. The van der Waals surface area contributed by atoms with E-state index in [4.69, 9.17) is 0 Å². The summed E-state index contributed by atoms with van der Waals surface area (Å²) >= 11 is 0. The molecular weight excluding hydrogens is 140 g/mol. The third-order valence-electron chi connectivity index (χ3n) is 3.24. The second-order valence-electron chi connectivity index (χ2n) is 3.95. The molecule has 3 nitrogen and oxygen atoms in total. The Morgan fingerprint density at radius 3 is 2.55 bits per heavy atom. The molecule has 3 fully saturated rings. The fourth-order valence-corrected chi connectivity index (χ4v) is 2.29. The predicted molar refractivity (Wildman–Crippen MR) is 43.4 cm³/mol. The molecule has 4 atom stereocenters. The summed E-state index contributed by atoms with van der Waals surface area (Å²) in [6.45, 7) is 1.92. The number of hydrogen-bond acceptors (Lipinski definition) is 3. The van der Waals surface area contributed by atoms with Crippen molar-refractivity contribution in [1.82, 2.24) is 10.6 Å². The Labute approximate surface area is 67.2 Å². The first kappa shape index (κ1) is 7.53. The highest BCUT2D eigenvalue weighted by Gasteiger charge is 2.51. The van der Waals surface area contributed by atoms with Crippen LogP contribution in [0, 0.1) is 0 Å². The van der Waals surface area contributed by atoms with Crippen LogP contribution in [0.25, 0.3) is 0 Å². The molecule has 3 heteroatoms. The lowest BCUT2D eigenvalue weighted by molar-refractivity contribution is -0.0897. The molecule has 2 heterocycles. The molecule has 1 aliphatic carbocycles. The molecule has 2 saturated heterocycles. The number of hydrogen-bond donors (Lipinski definition) is 3. The Balaban J connectivity index is 2.12. The van der Waals surface area contributed by atoms with E-state index in [2.05, 4.69) is 10.6 Å². The van der Waals surface area contributed by atoms with Crippen LogP contribution >= 0.6 is 0 Å².